The van der Waals surface area contributed by atoms with Crippen LogP contribution in [0.2, 0.25) is 0 Å². The molecule has 1 aliphatic heterocycles. The number of phenolic OH excluding ortho intramolecular Hbond substituents is 1. The zero-order valence-electron chi connectivity index (χ0n) is 17.6. The monoisotopic (exact) mass is 464 g/mol. The number of rotatable bonds is 3. The molecule has 2 atom stereocenters. The van der Waals surface area contributed by atoms with E-state index < -0.39 is 0 Å². The van der Waals surface area contributed by atoms with Crippen molar-refractivity contribution >= 4 is 26.8 Å². The van der Waals surface area contributed by atoms with Gasteiger partial charge in [0.05, 0.1) is 0 Å². The van der Waals surface area contributed by atoms with Gasteiger partial charge in [0.1, 0.15) is 5.75 Å². The summed E-state index contributed by atoms with van der Waals surface area (Å²) in [5.41, 5.74) is 5.81. The van der Waals surface area contributed by atoms with Crippen LogP contribution in [0.15, 0.2) is 46.9 Å². The van der Waals surface area contributed by atoms with E-state index in [1.54, 1.807) is 11.6 Å². The molecule has 3 nitrogen and oxygen atoms in total. The maximum atomic E-state index is 10.3. The average molecular weight is 465 g/mol. The molecular weight excluding hydrogens is 436 g/mol. The predicted molar refractivity (Wildman–Crippen MR) is 125 cm³/mol. The van der Waals surface area contributed by atoms with E-state index in [9.17, 15) is 5.11 Å². The first-order chi connectivity index (χ1) is 14.5. The highest BCUT2D eigenvalue weighted by molar-refractivity contribution is 9.10. The number of piperidine rings is 1. The minimum Gasteiger partial charge on any atom is -0.508 e. The van der Waals surface area contributed by atoms with Crippen LogP contribution >= 0.6 is 15.9 Å². The summed E-state index contributed by atoms with van der Waals surface area (Å²) < 4.78 is 3.58. The van der Waals surface area contributed by atoms with E-state index in [4.69, 9.17) is 0 Å². The van der Waals surface area contributed by atoms with E-state index in [0.29, 0.717) is 11.7 Å². The van der Waals surface area contributed by atoms with Gasteiger partial charge in [0.15, 0.2) is 0 Å². The molecule has 2 fully saturated rings. The molecule has 3 aromatic rings. The van der Waals surface area contributed by atoms with Crippen LogP contribution in [-0.4, -0.2) is 34.2 Å². The predicted octanol–water partition coefficient (Wildman–Crippen LogP) is 5.41. The van der Waals surface area contributed by atoms with E-state index in [1.807, 2.05) is 12.1 Å². The number of aryl methyl sites for hydroxylation is 1. The van der Waals surface area contributed by atoms with Crippen molar-refractivity contribution < 1.29 is 5.11 Å². The lowest BCUT2D eigenvalue weighted by Crippen LogP contribution is -2.54. The van der Waals surface area contributed by atoms with Crippen molar-refractivity contribution in [3.63, 3.8) is 0 Å². The summed E-state index contributed by atoms with van der Waals surface area (Å²) in [4.78, 5) is 2.73. The largest absolute Gasteiger partial charge is 0.508 e. The van der Waals surface area contributed by atoms with Gasteiger partial charge in [-0.3, -0.25) is 0 Å². The molecule has 0 spiro atoms. The molecule has 2 heterocycles. The van der Waals surface area contributed by atoms with Gasteiger partial charge in [-0.05, 0) is 91.9 Å². The number of phenols is 1. The molecule has 1 saturated carbocycles. The second-order valence-corrected chi connectivity index (χ2v) is 10.8. The molecule has 4 heteroatoms. The zero-order chi connectivity index (χ0) is 20.5. The van der Waals surface area contributed by atoms with Crippen LogP contribution in [0.5, 0.6) is 5.75 Å². The molecule has 6 rings (SSSR count). The summed E-state index contributed by atoms with van der Waals surface area (Å²) in [5, 5.41) is 11.7. The zero-order valence-corrected chi connectivity index (χ0v) is 19.2. The minimum atomic E-state index is 0.116. The van der Waals surface area contributed by atoms with Crippen molar-refractivity contribution in [3.05, 3.63) is 63.8 Å². The lowest BCUT2D eigenvalue weighted by atomic mass is 9.58. The Morgan fingerprint density at radius 1 is 1.17 bits per heavy atom. The van der Waals surface area contributed by atoms with Gasteiger partial charge >= 0.3 is 0 Å². The normalized spacial score (nSPS) is 26.5. The average Bonchev–Trinajstić information content (AvgIpc) is 3.52. The van der Waals surface area contributed by atoms with Gasteiger partial charge in [-0.2, -0.15) is 0 Å². The second-order valence-electron chi connectivity index (χ2n) is 9.88. The standard InChI is InChI=1S/C26H29BrN2O/c1-28-24-8-7-20(27)13-23(24)22-12-19-16-29(15-17-5-6-17)10-9-26(19,14-25(22)28)18-3-2-4-21(30)11-18/h2-4,7-8,11,13,17,19,30H,5-6,9-10,12,14-16H2,1H3. The van der Waals surface area contributed by atoms with Crippen molar-refractivity contribution in [2.75, 3.05) is 19.6 Å². The van der Waals surface area contributed by atoms with Crippen LogP contribution in [0.4, 0.5) is 0 Å². The van der Waals surface area contributed by atoms with Gasteiger partial charge in [0.25, 0.3) is 0 Å². The van der Waals surface area contributed by atoms with Crippen LogP contribution in [0.1, 0.15) is 36.1 Å². The van der Waals surface area contributed by atoms with E-state index in [1.165, 1.54) is 61.1 Å². The molecule has 2 aromatic carbocycles. The van der Waals surface area contributed by atoms with Gasteiger partial charge in [0, 0.05) is 46.6 Å². The van der Waals surface area contributed by atoms with Crippen molar-refractivity contribution in [2.45, 2.75) is 37.5 Å². The quantitative estimate of drug-likeness (QED) is 0.560. The molecule has 0 bridgehead atoms. The Kier molecular flexibility index (Phi) is 4.33. The number of likely N-dealkylation sites (tertiary alicyclic amines) is 1. The highest BCUT2D eigenvalue weighted by Gasteiger charge is 2.49. The molecule has 30 heavy (non-hydrogen) atoms. The molecule has 0 radical (unpaired) electrons. The fraction of sp³-hybridized carbons (Fsp3) is 0.462. The van der Waals surface area contributed by atoms with Crippen LogP contribution in [0.25, 0.3) is 10.9 Å². The topological polar surface area (TPSA) is 28.4 Å². The summed E-state index contributed by atoms with van der Waals surface area (Å²) in [6.07, 6.45) is 6.20. The first kappa shape index (κ1) is 18.9. The number of halogens is 1. The number of hydrogen-bond acceptors (Lipinski definition) is 2. The molecule has 1 aromatic heterocycles. The number of benzene rings is 2. The molecule has 156 valence electrons. The lowest BCUT2D eigenvalue weighted by molar-refractivity contribution is 0.0776. The Morgan fingerprint density at radius 3 is 2.83 bits per heavy atom. The van der Waals surface area contributed by atoms with E-state index in [-0.39, 0.29) is 5.41 Å². The maximum absolute atomic E-state index is 10.3. The summed E-state index contributed by atoms with van der Waals surface area (Å²) in [7, 11) is 2.23. The lowest BCUT2D eigenvalue weighted by Gasteiger charge is -2.51. The summed E-state index contributed by atoms with van der Waals surface area (Å²) in [6, 6.07) is 14.8. The van der Waals surface area contributed by atoms with Gasteiger partial charge in [0.2, 0.25) is 0 Å². The van der Waals surface area contributed by atoms with Gasteiger partial charge in [-0.1, -0.05) is 28.1 Å². The Morgan fingerprint density at radius 2 is 2.03 bits per heavy atom. The first-order valence-corrected chi connectivity index (χ1v) is 12.1. The number of nitrogens with zero attached hydrogens (tertiary/aromatic N) is 2. The second kappa shape index (κ2) is 6.86. The summed E-state index contributed by atoms with van der Waals surface area (Å²) in [6.45, 7) is 3.63. The minimum absolute atomic E-state index is 0.116. The molecule has 2 aliphatic carbocycles. The SMILES string of the molecule is Cn1c2c(c3cc(Br)ccc31)CC1CN(CC3CC3)CCC1(c1cccc(O)c1)C2. The van der Waals surface area contributed by atoms with Crippen molar-refractivity contribution in [3.8, 4) is 5.75 Å². The highest BCUT2D eigenvalue weighted by atomic mass is 79.9. The third-order valence-corrected chi connectivity index (χ3v) is 8.59. The molecular formula is C26H29BrN2O. The molecule has 2 unspecified atom stereocenters. The smallest absolute Gasteiger partial charge is 0.115 e. The molecule has 0 amide bonds. The fourth-order valence-electron chi connectivity index (χ4n) is 6.31. The highest BCUT2D eigenvalue weighted by Crippen LogP contribution is 2.50. The van der Waals surface area contributed by atoms with E-state index >= 15 is 0 Å². The molecule has 1 saturated heterocycles. The van der Waals surface area contributed by atoms with Crippen LogP contribution in [-0.2, 0) is 25.3 Å². The van der Waals surface area contributed by atoms with Gasteiger partial charge in [-0.15, -0.1) is 0 Å². The van der Waals surface area contributed by atoms with Crippen LogP contribution in [0.3, 0.4) is 0 Å². The molecule has 1 N–H and O–H groups in total. The van der Waals surface area contributed by atoms with Crippen LogP contribution in [0, 0.1) is 11.8 Å². The van der Waals surface area contributed by atoms with Gasteiger partial charge < -0.3 is 14.6 Å². The molecule has 3 aliphatic rings. The number of fused-ring (bicyclic) bond motifs is 4. The van der Waals surface area contributed by atoms with Crippen LogP contribution < -0.4 is 0 Å². The van der Waals surface area contributed by atoms with E-state index in [2.05, 4.69) is 56.7 Å². The fourth-order valence-corrected chi connectivity index (χ4v) is 6.67. The van der Waals surface area contributed by atoms with Crippen molar-refractivity contribution in [1.29, 1.82) is 0 Å². The number of hydrogen-bond donors (Lipinski definition) is 1. The van der Waals surface area contributed by atoms with Gasteiger partial charge in [-0.25, -0.2) is 0 Å². The van der Waals surface area contributed by atoms with Crippen molar-refractivity contribution in [1.82, 2.24) is 9.47 Å². The third kappa shape index (κ3) is 2.95. The first-order valence-electron chi connectivity index (χ1n) is 11.3. The number of aromatic hydroxyl groups is 1. The van der Waals surface area contributed by atoms with Crippen molar-refractivity contribution in [2.24, 2.45) is 18.9 Å². The Balaban J connectivity index is 1.48. The summed E-state index contributed by atoms with van der Waals surface area (Å²) in [5.74, 6) is 1.92. The Labute approximate surface area is 186 Å². The summed E-state index contributed by atoms with van der Waals surface area (Å²) >= 11 is 3.69. The number of aromatic nitrogens is 1. The third-order valence-electron chi connectivity index (χ3n) is 8.10. The Hall–Kier alpha value is -1.78. The Bertz CT molecular complexity index is 1130. The van der Waals surface area contributed by atoms with E-state index in [0.717, 1.165) is 23.2 Å². The maximum Gasteiger partial charge on any atom is 0.115 e.